The van der Waals surface area contributed by atoms with Crippen molar-refractivity contribution in [1.82, 2.24) is 19.7 Å². The molecule has 34 heavy (non-hydrogen) atoms. The first-order chi connectivity index (χ1) is 16.5. The second-order valence-corrected chi connectivity index (χ2v) is 9.66. The highest BCUT2D eigenvalue weighted by Crippen LogP contribution is 2.26. The predicted octanol–water partition coefficient (Wildman–Crippen LogP) is 2.92. The number of hydrogen-bond donors (Lipinski definition) is 1. The maximum absolute atomic E-state index is 14.6. The minimum atomic E-state index is -0.595. The van der Waals surface area contributed by atoms with E-state index in [-0.39, 0.29) is 23.4 Å². The molecular formula is C26H32FN5O2. The quantitative estimate of drug-likeness (QED) is 0.752. The van der Waals surface area contributed by atoms with Crippen LogP contribution in [0.3, 0.4) is 0 Å². The van der Waals surface area contributed by atoms with Gasteiger partial charge in [0.2, 0.25) is 5.91 Å². The molecule has 1 aromatic carbocycles. The Kier molecular flexibility index (Phi) is 6.50. The van der Waals surface area contributed by atoms with Crippen molar-refractivity contribution in [2.75, 3.05) is 38.0 Å². The van der Waals surface area contributed by atoms with Gasteiger partial charge in [-0.1, -0.05) is 24.3 Å². The van der Waals surface area contributed by atoms with E-state index >= 15 is 0 Å². The summed E-state index contributed by atoms with van der Waals surface area (Å²) in [5, 5.41) is 3.26. The van der Waals surface area contributed by atoms with Gasteiger partial charge < -0.3 is 15.1 Å². The van der Waals surface area contributed by atoms with Crippen molar-refractivity contribution in [2.45, 2.75) is 51.2 Å². The zero-order valence-corrected chi connectivity index (χ0v) is 19.7. The fourth-order valence-electron chi connectivity index (χ4n) is 5.49. The van der Waals surface area contributed by atoms with Crippen molar-refractivity contribution < 1.29 is 14.0 Å². The molecule has 0 saturated carbocycles. The van der Waals surface area contributed by atoms with Gasteiger partial charge in [-0.05, 0) is 42.9 Å². The van der Waals surface area contributed by atoms with E-state index in [1.165, 1.54) is 17.2 Å². The molecule has 0 radical (unpaired) electrons. The molecule has 2 aromatic rings. The van der Waals surface area contributed by atoms with Crippen LogP contribution in [0, 0.1) is 5.82 Å². The number of pyridine rings is 1. The number of likely N-dealkylation sites (tertiary alicyclic amines) is 2. The van der Waals surface area contributed by atoms with Crippen molar-refractivity contribution >= 4 is 17.6 Å². The summed E-state index contributed by atoms with van der Waals surface area (Å²) in [7, 11) is 0. The van der Waals surface area contributed by atoms with Crippen molar-refractivity contribution in [3.8, 4) is 0 Å². The standard InChI is InChI=1S/C26H32FN5O2/c1-18(33)31-11-7-21(17-31)29-25-14-23(24(27)15-28-25)26(34)30-12-8-22(9-13-30)32-10-6-19-4-2-3-5-20(19)16-32/h2-5,14-15,21-22H,6-13,16-17H2,1H3,(H,28,29). The third-order valence-corrected chi connectivity index (χ3v) is 7.50. The van der Waals surface area contributed by atoms with Gasteiger partial charge in [0, 0.05) is 58.3 Å². The number of carbonyl (C=O) groups excluding carboxylic acids is 2. The highest BCUT2D eigenvalue weighted by molar-refractivity contribution is 5.95. The third kappa shape index (κ3) is 4.78. The molecule has 5 rings (SSSR count). The molecule has 0 spiro atoms. The highest BCUT2D eigenvalue weighted by Gasteiger charge is 2.31. The Labute approximate surface area is 199 Å². The first kappa shape index (κ1) is 22.8. The molecular weight excluding hydrogens is 433 g/mol. The summed E-state index contributed by atoms with van der Waals surface area (Å²) in [4.78, 5) is 34.9. The maximum Gasteiger partial charge on any atom is 0.257 e. The summed E-state index contributed by atoms with van der Waals surface area (Å²) in [6, 6.07) is 10.6. The van der Waals surface area contributed by atoms with Crippen molar-refractivity contribution in [2.24, 2.45) is 0 Å². The molecule has 1 unspecified atom stereocenters. The second-order valence-electron chi connectivity index (χ2n) is 9.66. The molecule has 2 amide bonds. The number of halogens is 1. The Morgan fingerprint density at radius 3 is 2.50 bits per heavy atom. The van der Waals surface area contributed by atoms with Gasteiger partial charge in [-0.25, -0.2) is 9.37 Å². The molecule has 2 fully saturated rings. The lowest BCUT2D eigenvalue weighted by molar-refractivity contribution is -0.127. The number of carbonyl (C=O) groups is 2. The fraction of sp³-hybridized carbons (Fsp3) is 0.500. The van der Waals surface area contributed by atoms with E-state index in [1.54, 1.807) is 16.7 Å². The normalized spacial score (nSPS) is 21.4. The van der Waals surface area contributed by atoms with E-state index in [0.29, 0.717) is 38.0 Å². The van der Waals surface area contributed by atoms with Crippen molar-refractivity contribution in [1.29, 1.82) is 0 Å². The molecule has 0 aliphatic carbocycles. The zero-order chi connectivity index (χ0) is 23.7. The predicted molar refractivity (Wildman–Crippen MR) is 128 cm³/mol. The molecule has 1 N–H and O–H groups in total. The number of fused-ring (bicyclic) bond motifs is 1. The lowest BCUT2D eigenvalue weighted by Gasteiger charge is -2.40. The Balaban J connectivity index is 1.19. The molecule has 2 saturated heterocycles. The third-order valence-electron chi connectivity index (χ3n) is 7.50. The molecule has 1 atom stereocenters. The molecule has 0 bridgehead atoms. The number of piperidine rings is 1. The summed E-state index contributed by atoms with van der Waals surface area (Å²) in [5.41, 5.74) is 2.90. The molecule has 3 aliphatic heterocycles. The van der Waals surface area contributed by atoms with Gasteiger partial charge >= 0.3 is 0 Å². The summed E-state index contributed by atoms with van der Waals surface area (Å²) >= 11 is 0. The smallest absolute Gasteiger partial charge is 0.257 e. The number of amides is 2. The van der Waals surface area contributed by atoms with Gasteiger partial charge in [0.15, 0.2) is 5.82 Å². The zero-order valence-electron chi connectivity index (χ0n) is 19.7. The van der Waals surface area contributed by atoms with Crippen LogP contribution in [0.4, 0.5) is 10.2 Å². The van der Waals surface area contributed by atoms with E-state index in [0.717, 1.165) is 45.0 Å². The topological polar surface area (TPSA) is 68.8 Å². The largest absolute Gasteiger partial charge is 0.365 e. The molecule has 4 heterocycles. The second kappa shape index (κ2) is 9.70. The van der Waals surface area contributed by atoms with Crippen LogP contribution in [0.1, 0.15) is 47.7 Å². The van der Waals surface area contributed by atoms with E-state index in [2.05, 4.69) is 39.5 Å². The molecule has 1 aromatic heterocycles. The SMILES string of the molecule is CC(=O)N1CCC(Nc2cc(C(=O)N3CCC(N4CCc5ccccc5C4)CC3)c(F)cn2)C1. The van der Waals surface area contributed by atoms with Crippen LogP contribution in [0.25, 0.3) is 0 Å². The van der Waals surface area contributed by atoms with Gasteiger partial charge in [0.1, 0.15) is 5.82 Å². The minimum absolute atomic E-state index is 0.0457. The van der Waals surface area contributed by atoms with E-state index < -0.39 is 5.82 Å². The van der Waals surface area contributed by atoms with Crippen LogP contribution in [-0.2, 0) is 17.8 Å². The van der Waals surface area contributed by atoms with Crippen molar-refractivity contribution in [3.05, 3.63) is 59.0 Å². The Morgan fingerprint density at radius 1 is 1.03 bits per heavy atom. The summed E-state index contributed by atoms with van der Waals surface area (Å²) in [5.74, 6) is -0.351. The van der Waals surface area contributed by atoms with Crippen LogP contribution in [0.2, 0.25) is 0 Å². The molecule has 7 nitrogen and oxygen atoms in total. The van der Waals surface area contributed by atoms with Crippen LogP contribution in [0.15, 0.2) is 36.5 Å². The Morgan fingerprint density at radius 2 is 1.76 bits per heavy atom. The highest BCUT2D eigenvalue weighted by atomic mass is 19.1. The fourth-order valence-corrected chi connectivity index (χ4v) is 5.49. The van der Waals surface area contributed by atoms with Gasteiger partial charge in [0.25, 0.3) is 5.91 Å². The molecule has 8 heteroatoms. The minimum Gasteiger partial charge on any atom is -0.365 e. The van der Waals surface area contributed by atoms with Crippen molar-refractivity contribution in [3.63, 3.8) is 0 Å². The number of benzene rings is 1. The van der Waals surface area contributed by atoms with E-state index in [1.807, 2.05) is 0 Å². The van der Waals surface area contributed by atoms with Crippen LogP contribution < -0.4 is 5.32 Å². The van der Waals surface area contributed by atoms with Gasteiger partial charge in [-0.15, -0.1) is 0 Å². The Bertz CT molecular complexity index is 1070. The maximum atomic E-state index is 14.6. The number of anilines is 1. The first-order valence-corrected chi connectivity index (χ1v) is 12.3. The summed E-state index contributed by atoms with van der Waals surface area (Å²) < 4.78 is 14.6. The van der Waals surface area contributed by atoms with Gasteiger partial charge in [-0.2, -0.15) is 0 Å². The first-order valence-electron chi connectivity index (χ1n) is 12.3. The number of nitrogens with one attached hydrogen (secondary N) is 1. The van der Waals surface area contributed by atoms with Crippen LogP contribution in [0.5, 0.6) is 0 Å². The number of hydrogen-bond acceptors (Lipinski definition) is 5. The van der Waals surface area contributed by atoms with E-state index in [4.69, 9.17) is 0 Å². The number of aromatic nitrogens is 1. The van der Waals surface area contributed by atoms with Crippen LogP contribution >= 0.6 is 0 Å². The lowest BCUT2D eigenvalue weighted by Crippen LogP contribution is -2.48. The number of nitrogens with zero attached hydrogens (tertiary/aromatic N) is 4. The van der Waals surface area contributed by atoms with Crippen LogP contribution in [-0.4, -0.2) is 76.3 Å². The van der Waals surface area contributed by atoms with E-state index in [9.17, 15) is 14.0 Å². The van der Waals surface area contributed by atoms with Gasteiger partial charge in [0.05, 0.1) is 11.8 Å². The monoisotopic (exact) mass is 465 g/mol. The average molecular weight is 466 g/mol. The average Bonchev–Trinajstić information content (AvgIpc) is 3.33. The Hall–Kier alpha value is -3.00. The molecule has 3 aliphatic rings. The van der Waals surface area contributed by atoms with Gasteiger partial charge in [-0.3, -0.25) is 14.5 Å². The number of rotatable bonds is 4. The summed E-state index contributed by atoms with van der Waals surface area (Å²) in [6.45, 7) is 6.11. The summed E-state index contributed by atoms with van der Waals surface area (Å²) in [6.07, 6.45) is 4.78. The lowest BCUT2D eigenvalue weighted by atomic mass is 9.95. The molecule has 180 valence electrons.